The van der Waals surface area contributed by atoms with Crippen molar-refractivity contribution in [3.05, 3.63) is 29.6 Å². The second-order valence-electron chi connectivity index (χ2n) is 4.74. The summed E-state index contributed by atoms with van der Waals surface area (Å²) in [6.45, 7) is 7.25. The van der Waals surface area contributed by atoms with Gasteiger partial charge in [-0.25, -0.2) is 4.98 Å². The molecule has 98 valence electrons. The minimum absolute atomic E-state index is 0.0632. The van der Waals surface area contributed by atoms with Crippen LogP contribution in [0.15, 0.2) is 18.2 Å². The van der Waals surface area contributed by atoms with E-state index in [-0.39, 0.29) is 5.38 Å². The van der Waals surface area contributed by atoms with Crippen molar-refractivity contribution in [1.29, 1.82) is 0 Å². The van der Waals surface area contributed by atoms with Crippen LogP contribution in [0.2, 0.25) is 0 Å². The Hall–Kier alpha value is -0.670. The number of nitrogens with zero attached hydrogens (tertiary/aromatic N) is 2. The van der Waals surface area contributed by atoms with E-state index in [2.05, 4.69) is 47.9 Å². The maximum absolute atomic E-state index is 6.26. The molecule has 2 nitrogen and oxygen atoms in total. The molecule has 2 unspecified atom stereocenters. The third-order valence-corrected chi connectivity index (χ3v) is 4.28. The Morgan fingerprint density at radius 2 is 2.11 bits per heavy atom. The number of hydrogen-bond donors (Lipinski definition) is 0. The molecule has 18 heavy (non-hydrogen) atoms. The lowest BCUT2D eigenvalue weighted by Crippen LogP contribution is -2.12. The molecular formula is C14H19ClN2S. The predicted molar refractivity (Wildman–Crippen MR) is 81.7 cm³/mol. The van der Waals surface area contributed by atoms with Crippen LogP contribution in [-0.2, 0) is 6.54 Å². The average Bonchev–Trinajstić information content (AvgIpc) is 2.67. The predicted octanol–water partition coefficient (Wildman–Crippen LogP) is 4.40. The van der Waals surface area contributed by atoms with Crippen molar-refractivity contribution >= 4 is 34.4 Å². The summed E-state index contributed by atoms with van der Waals surface area (Å²) in [5, 5.41) is 0.490. The number of benzene rings is 1. The van der Waals surface area contributed by atoms with Crippen LogP contribution in [0, 0.1) is 6.92 Å². The normalized spacial score (nSPS) is 14.9. The van der Waals surface area contributed by atoms with Gasteiger partial charge in [-0.3, -0.25) is 0 Å². The standard InChI is InChI=1S/C14H19ClN2S/c1-9-5-6-13-12(7-9)16-14(11(3)15)17(13)8-10(2)18-4/h5-7,10-11H,8H2,1-4H3. The van der Waals surface area contributed by atoms with Crippen LogP contribution in [0.5, 0.6) is 0 Å². The molecule has 0 bridgehead atoms. The first-order valence-electron chi connectivity index (χ1n) is 6.16. The lowest BCUT2D eigenvalue weighted by molar-refractivity contribution is 0.665. The summed E-state index contributed by atoms with van der Waals surface area (Å²) in [5.74, 6) is 0.971. The SMILES string of the molecule is CSC(C)Cn1c(C(C)Cl)nc2cc(C)ccc21. The third-order valence-electron chi connectivity index (χ3n) is 3.13. The molecule has 0 amide bonds. The fourth-order valence-electron chi connectivity index (χ4n) is 2.09. The maximum Gasteiger partial charge on any atom is 0.127 e. The zero-order valence-corrected chi connectivity index (χ0v) is 12.8. The van der Waals surface area contributed by atoms with Gasteiger partial charge in [-0.2, -0.15) is 11.8 Å². The summed E-state index contributed by atoms with van der Waals surface area (Å²) in [6, 6.07) is 6.40. The summed E-state index contributed by atoms with van der Waals surface area (Å²) >= 11 is 8.12. The number of fused-ring (bicyclic) bond motifs is 1. The molecule has 4 heteroatoms. The van der Waals surface area contributed by atoms with Gasteiger partial charge in [0.05, 0.1) is 16.4 Å². The zero-order valence-electron chi connectivity index (χ0n) is 11.3. The summed E-state index contributed by atoms with van der Waals surface area (Å²) in [6.07, 6.45) is 2.14. The van der Waals surface area contributed by atoms with Crippen molar-refractivity contribution in [2.75, 3.05) is 6.26 Å². The molecule has 1 heterocycles. The van der Waals surface area contributed by atoms with E-state index in [4.69, 9.17) is 11.6 Å². The zero-order chi connectivity index (χ0) is 13.3. The number of thioether (sulfide) groups is 1. The molecule has 1 aromatic heterocycles. The minimum Gasteiger partial charge on any atom is -0.326 e. The van der Waals surface area contributed by atoms with Crippen molar-refractivity contribution in [2.45, 2.75) is 37.9 Å². The first-order chi connectivity index (χ1) is 8.52. The summed E-state index contributed by atoms with van der Waals surface area (Å²) in [4.78, 5) is 4.68. The van der Waals surface area contributed by atoms with Crippen molar-refractivity contribution in [1.82, 2.24) is 9.55 Å². The molecule has 0 saturated heterocycles. The van der Waals surface area contributed by atoms with Gasteiger partial charge in [0.1, 0.15) is 5.82 Å². The monoisotopic (exact) mass is 282 g/mol. The molecule has 0 spiro atoms. The van der Waals surface area contributed by atoms with Crippen LogP contribution in [0.4, 0.5) is 0 Å². The molecule has 2 atom stereocenters. The number of alkyl halides is 1. The fourth-order valence-corrected chi connectivity index (χ4v) is 2.55. The van der Waals surface area contributed by atoms with Crippen LogP contribution in [0.1, 0.15) is 30.6 Å². The van der Waals surface area contributed by atoms with E-state index in [1.807, 2.05) is 18.7 Å². The lowest BCUT2D eigenvalue weighted by Gasteiger charge is -2.14. The van der Waals surface area contributed by atoms with Crippen LogP contribution in [0.3, 0.4) is 0 Å². The Bertz CT molecular complexity index is 548. The van der Waals surface area contributed by atoms with Gasteiger partial charge in [-0.15, -0.1) is 11.6 Å². The quantitative estimate of drug-likeness (QED) is 0.774. The lowest BCUT2D eigenvalue weighted by atomic mass is 10.2. The van der Waals surface area contributed by atoms with Crippen LogP contribution < -0.4 is 0 Å². The molecule has 0 saturated carbocycles. The van der Waals surface area contributed by atoms with Gasteiger partial charge in [-0.1, -0.05) is 13.0 Å². The number of rotatable bonds is 4. The highest BCUT2D eigenvalue weighted by Crippen LogP contribution is 2.26. The Morgan fingerprint density at radius 1 is 1.39 bits per heavy atom. The van der Waals surface area contributed by atoms with Gasteiger partial charge < -0.3 is 4.57 Å². The van der Waals surface area contributed by atoms with Crippen molar-refractivity contribution in [3.63, 3.8) is 0 Å². The third kappa shape index (κ3) is 2.67. The highest BCUT2D eigenvalue weighted by Gasteiger charge is 2.16. The molecular weight excluding hydrogens is 264 g/mol. The second-order valence-corrected chi connectivity index (χ2v) is 6.67. The van der Waals surface area contributed by atoms with Crippen LogP contribution in [0.25, 0.3) is 11.0 Å². The minimum atomic E-state index is -0.0632. The number of imidazole rings is 1. The van der Waals surface area contributed by atoms with E-state index in [1.165, 1.54) is 11.1 Å². The Balaban J connectivity index is 2.55. The Kier molecular flexibility index (Phi) is 4.23. The van der Waals surface area contributed by atoms with Gasteiger partial charge in [0.15, 0.2) is 0 Å². The van der Waals surface area contributed by atoms with E-state index < -0.39 is 0 Å². The molecule has 0 N–H and O–H groups in total. The first kappa shape index (κ1) is 13.8. The van der Waals surface area contributed by atoms with E-state index in [0.717, 1.165) is 17.9 Å². The molecule has 0 radical (unpaired) electrons. The van der Waals surface area contributed by atoms with Crippen molar-refractivity contribution in [3.8, 4) is 0 Å². The first-order valence-corrected chi connectivity index (χ1v) is 7.89. The number of halogens is 1. The summed E-state index contributed by atoms with van der Waals surface area (Å²) in [7, 11) is 0. The molecule has 0 aliphatic rings. The van der Waals surface area contributed by atoms with Gasteiger partial charge in [0.2, 0.25) is 0 Å². The van der Waals surface area contributed by atoms with Gasteiger partial charge in [0.25, 0.3) is 0 Å². The van der Waals surface area contributed by atoms with E-state index >= 15 is 0 Å². The highest BCUT2D eigenvalue weighted by molar-refractivity contribution is 7.99. The Morgan fingerprint density at radius 3 is 2.72 bits per heavy atom. The Labute approximate surface area is 118 Å². The average molecular weight is 283 g/mol. The molecule has 0 aliphatic carbocycles. The number of aryl methyl sites for hydroxylation is 1. The van der Waals surface area contributed by atoms with Crippen molar-refractivity contribution < 1.29 is 0 Å². The molecule has 2 rings (SSSR count). The highest BCUT2D eigenvalue weighted by atomic mass is 35.5. The maximum atomic E-state index is 6.26. The molecule has 1 aromatic carbocycles. The summed E-state index contributed by atoms with van der Waals surface area (Å²) < 4.78 is 2.26. The van der Waals surface area contributed by atoms with Crippen LogP contribution in [-0.4, -0.2) is 21.1 Å². The smallest absolute Gasteiger partial charge is 0.127 e. The topological polar surface area (TPSA) is 17.8 Å². The number of aromatic nitrogens is 2. The number of hydrogen-bond acceptors (Lipinski definition) is 2. The van der Waals surface area contributed by atoms with E-state index in [1.54, 1.807) is 0 Å². The van der Waals surface area contributed by atoms with Crippen LogP contribution >= 0.6 is 23.4 Å². The fraction of sp³-hybridized carbons (Fsp3) is 0.500. The second kappa shape index (κ2) is 5.54. The van der Waals surface area contributed by atoms with E-state index in [9.17, 15) is 0 Å². The van der Waals surface area contributed by atoms with Gasteiger partial charge in [-0.05, 0) is 37.8 Å². The molecule has 0 aliphatic heterocycles. The summed E-state index contributed by atoms with van der Waals surface area (Å²) in [5.41, 5.74) is 3.47. The molecule has 2 aromatic rings. The van der Waals surface area contributed by atoms with Gasteiger partial charge in [0, 0.05) is 11.8 Å². The van der Waals surface area contributed by atoms with E-state index in [0.29, 0.717) is 5.25 Å². The van der Waals surface area contributed by atoms with Gasteiger partial charge >= 0.3 is 0 Å². The van der Waals surface area contributed by atoms with Crippen molar-refractivity contribution in [2.24, 2.45) is 0 Å². The molecule has 0 fully saturated rings. The largest absolute Gasteiger partial charge is 0.326 e.